The van der Waals surface area contributed by atoms with Crippen LogP contribution in [0.25, 0.3) is 0 Å². The van der Waals surface area contributed by atoms with Crippen LogP contribution in [0.1, 0.15) is 11.6 Å². The molecule has 1 fully saturated rings. The zero-order valence-corrected chi connectivity index (χ0v) is 14.0. The summed E-state index contributed by atoms with van der Waals surface area (Å²) in [6, 6.07) is 7.60. The number of hydrogen-bond acceptors (Lipinski definition) is 4. The molecule has 1 N–H and O–H groups in total. The van der Waals surface area contributed by atoms with E-state index in [1.165, 1.54) is 6.26 Å². The van der Waals surface area contributed by atoms with Crippen molar-refractivity contribution in [3.8, 4) is 0 Å². The lowest BCUT2D eigenvalue weighted by Crippen LogP contribution is -2.48. The average molecular weight is 332 g/mol. The Morgan fingerprint density at radius 3 is 2.43 bits per heavy atom. The van der Waals surface area contributed by atoms with Gasteiger partial charge in [0, 0.05) is 43.8 Å². The van der Waals surface area contributed by atoms with Crippen molar-refractivity contribution in [2.24, 2.45) is 0 Å². The van der Waals surface area contributed by atoms with Crippen molar-refractivity contribution in [3.05, 3.63) is 34.9 Å². The largest absolute Gasteiger partial charge is 0.304 e. The summed E-state index contributed by atoms with van der Waals surface area (Å²) in [5, 5.41) is 0.678. The Bertz CT molecular complexity index is 571. The van der Waals surface area contributed by atoms with Gasteiger partial charge in [-0.2, -0.15) is 0 Å². The van der Waals surface area contributed by atoms with Gasteiger partial charge in [-0.25, -0.2) is 13.1 Å². The SMILES string of the molecule is CN1CCN(C(CNS(C)(=O)=O)c2ccccc2Cl)CC1. The summed E-state index contributed by atoms with van der Waals surface area (Å²) in [5.74, 6) is 0. The lowest BCUT2D eigenvalue weighted by molar-refractivity contribution is 0.113. The number of piperazine rings is 1. The van der Waals surface area contributed by atoms with Crippen LogP contribution >= 0.6 is 11.6 Å². The quantitative estimate of drug-likeness (QED) is 0.880. The highest BCUT2D eigenvalue weighted by Crippen LogP contribution is 2.28. The molecule has 0 saturated carbocycles. The molecule has 0 bridgehead atoms. The lowest BCUT2D eigenvalue weighted by Gasteiger charge is -2.38. The van der Waals surface area contributed by atoms with E-state index in [1.54, 1.807) is 0 Å². The molecule has 1 aromatic carbocycles. The molecule has 1 saturated heterocycles. The fourth-order valence-corrected chi connectivity index (χ4v) is 3.27. The fourth-order valence-electron chi connectivity index (χ4n) is 2.54. The Morgan fingerprint density at radius 2 is 1.86 bits per heavy atom. The molecular weight excluding hydrogens is 310 g/mol. The van der Waals surface area contributed by atoms with Crippen LogP contribution in [0.5, 0.6) is 0 Å². The van der Waals surface area contributed by atoms with Gasteiger partial charge in [-0.15, -0.1) is 0 Å². The van der Waals surface area contributed by atoms with Gasteiger partial charge in [-0.05, 0) is 18.7 Å². The maximum atomic E-state index is 11.4. The molecule has 118 valence electrons. The van der Waals surface area contributed by atoms with E-state index in [0.29, 0.717) is 11.6 Å². The van der Waals surface area contributed by atoms with E-state index in [0.717, 1.165) is 31.7 Å². The Hall–Kier alpha value is -0.660. The van der Waals surface area contributed by atoms with Gasteiger partial charge in [0.15, 0.2) is 0 Å². The van der Waals surface area contributed by atoms with Gasteiger partial charge in [0.05, 0.1) is 6.26 Å². The first kappa shape index (κ1) is 16.7. The van der Waals surface area contributed by atoms with E-state index in [9.17, 15) is 8.42 Å². The van der Waals surface area contributed by atoms with E-state index >= 15 is 0 Å². The van der Waals surface area contributed by atoms with Crippen LogP contribution in [0, 0.1) is 0 Å². The fraction of sp³-hybridized carbons (Fsp3) is 0.571. The van der Waals surface area contributed by atoms with E-state index in [1.807, 2.05) is 24.3 Å². The van der Waals surface area contributed by atoms with E-state index in [-0.39, 0.29) is 6.04 Å². The van der Waals surface area contributed by atoms with Crippen LogP contribution in [0.2, 0.25) is 5.02 Å². The first-order valence-corrected chi connectivity index (χ1v) is 9.25. The van der Waals surface area contributed by atoms with Crippen molar-refractivity contribution in [3.63, 3.8) is 0 Å². The van der Waals surface area contributed by atoms with Crippen molar-refractivity contribution >= 4 is 21.6 Å². The summed E-state index contributed by atoms with van der Waals surface area (Å²) in [7, 11) is -1.13. The number of halogens is 1. The Labute approximate surface area is 131 Å². The summed E-state index contributed by atoms with van der Waals surface area (Å²) in [6.07, 6.45) is 1.18. The van der Waals surface area contributed by atoms with Crippen molar-refractivity contribution < 1.29 is 8.42 Å². The second kappa shape index (κ2) is 7.07. The summed E-state index contributed by atoms with van der Waals surface area (Å²) < 4.78 is 25.4. The first-order valence-electron chi connectivity index (χ1n) is 6.98. The van der Waals surface area contributed by atoms with E-state index in [2.05, 4.69) is 21.6 Å². The average Bonchev–Trinajstić information content (AvgIpc) is 2.41. The molecule has 1 atom stereocenters. The number of nitrogens with zero attached hydrogens (tertiary/aromatic N) is 2. The van der Waals surface area contributed by atoms with Crippen molar-refractivity contribution in [2.45, 2.75) is 6.04 Å². The molecular formula is C14H22ClN3O2S. The molecule has 1 aromatic rings. The number of sulfonamides is 1. The molecule has 1 heterocycles. The third kappa shape index (κ3) is 4.93. The molecule has 1 unspecified atom stereocenters. The van der Waals surface area contributed by atoms with E-state index < -0.39 is 10.0 Å². The van der Waals surface area contributed by atoms with Gasteiger partial charge in [0.2, 0.25) is 10.0 Å². The highest BCUT2D eigenvalue weighted by Gasteiger charge is 2.26. The van der Waals surface area contributed by atoms with Crippen LogP contribution < -0.4 is 4.72 Å². The van der Waals surface area contributed by atoms with Gasteiger partial charge in [-0.1, -0.05) is 29.8 Å². The minimum absolute atomic E-state index is 0.0397. The maximum absolute atomic E-state index is 11.4. The first-order chi connectivity index (χ1) is 9.87. The van der Waals surface area contributed by atoms with Crippen LogP contribution in [0.15, 0.2) is 24.3 Å². The molecule has 0 aliphatic carbocycles. The van der Waals surface area contributed by atoms with Crippen LogP contribution in [0.4, 0.5) is 0 Å². The smallest absolute Gasteiger partial charge is 0.208 e. The lowest BCUT2D eigenvalue weighted by atomic mass is 10.0. The molecule has 7 heteroatoms. The molecule has 0 spiro atoms. The monoisotopic (exact) mass is 331 g/mol. The predicted molar refractivity (Wildman–Crippen MR) is 86.1 cm³/mol. The second-order valence-electron chi connectivity index (χ2n) is 5.50. The second-order valence-corrected chi connectivity index (χ2v) is 7.74. The molecule has 1 aliphatic heterocycles. The van der Waals surface area contributed by atoms with Gasteiger partial charge < -0.3 is 4.90 Å². The minimum Gasteiger partial charge on any atom is -0.304 e. The number of hydrogen-bond donors (Lipinski definition) is 1. The predicted octanol–water partition coefficient (Wildman–Crippen LogP) is 1.18. The minimum atomic E-state index is -3.22. The Kier molecular flexibility index (Phi) is 5.62. The van der Waals surface area contributed by atoms with Crippen LogP contribution in [-0.2, 0) is 10.0 Å². The molecule has 2 rings (SSSR count). The third-order valence-corrected chi connectivity index (χ3v) is 4.82. The molecule has 21 heavy (non-hydrogen) atoms. The number of benzene rings is 1. The maximum Gasteiger partial charge on any atom is 0.208 e. The summed E-state index contributed by atoms with van der Waals surface area (Å²) in [5.41, 5.74) is 0.972. The number of likely N-dealkylation sites (N-methyl/N-ethyl adjacent to an activating group) is 1. The molecule has 5 nitrogen and oxygen atoms in total. The van der Waals surface area contributed by atoms with Crippen molar-refractivity contribution in [1.29, 1.82) is 0 Å². The zero-order chi connectivity index (χ0) is 15.5. The highest BCUT2D eigenvalue weighted by molar-refractivity contribution is 7.88. The van der Waals surface area contributed by atoms with Crippen molar-refractivity contribution in [1.82, 2.24) is 14.5 Å². The van der Waals surface area contributed by atoms with E-state index in [4.69, 9.17) is 11.6 Å². The Morgan fingerprint density at radius 1 is 1.24 bits per heavy atom. The normalized spacial score (nSPS) is 19.6. The number of rotatable bonds is 5. The topological polar surface area (TPSA) is 52.6 Å². The molecule has 1 aliphatic rings. The zero-order valence-electron chi connectivity index (χ0n) is 12.4. The highest BCUT2D eigenvalue weighted by atomic mass is 35.5. The van der Waals surface area contributed by atoms with Crippen LogP contribution in [0.3, 0.4) is 0 Å². The van der Waals surface area contributed by atoms with Crippen LogP contribution in [-0.4, -0.2) is 64.2 Å². The van der Waals surface area contributed by atoms with Gasteiger partial charge in [-0.3, -0.25) is 4.90 Å². The summed E-state index contributed by atoms with van der Waals surface area (Å²) in [6.45, 7) is 4.08. The summed E-state index contributed by atoms with van der Waals surface area (Å²) >= 11 is 6.30. The summed E-state index contributed by atoms with van der Waals surface area (Å²) in [4.78, 5) is 4.56. The Balaban J connectivity index is 2.20. The standard InChI is InChI=1S/C14H22ClN3O2S/c1-17-7-9-18(10-8-17)14(11-16-21(2,19)20)12-5-3-4-6-13(12)15/h3-6,14,16H,7-11H2,1-2H3. The third-order valence-electron chi connectivity index (χ3n) is 3.78. The molecule has 0 radical (unpaired) electrons. The molecule has 0 amide bonds. The van der Waals surface area contributed by atoms with Gasteiger partial charge in [0.1, 0.15) is 0 Å². The van der Waals surface area contributed by atoms with Gasteiger partial charge in [0.25, 0.3) is 0 Å². The van der Waals surface area contributed by atoms with Gasteiger partial charge >= 0.3 is 0 Å². The number of nitrogens with one attached hydrogen (secondary N) is 1. The molecule has 0 aromatic heterocycles. The van der Waals surface area contributed by atoms with Crippen molar-refractivity contribution in [2.75, 3.05) is 46.0 Å².